The highest BCUT2D eigenvalue weighted by molar-refractivity contribution is 5.30. The van der Waals surface area contributed by atoms with E-state index in [4.69, 9.17) is 0 Å². The molecule has 0 aliphatic carbocycles. The summed E-state index contributed by atoms with van der Waals surface area (Å²) in [6.45, 7) is 5.90. The van der Waals surface area contributed by atoms with Crippen LogP contribution in [-0.2, 0) is 6.42 Å². The van der Waals surface area contributed by atoms with E-state index in [0.29, 0.717) is 6.42 Å². The lowest BCUT2D eigenvalue weighted by Gasteiger charge is -2.07. The summed E-state index contributed by atoms with van der Waals surface area (Å²) in [5.74, 6) is 0. The van der Waals surface area contributed by atoms with Crippen molar-refractivity contribution in [1.29, 1.82) is 0 Å². The van der Waals surface area contributed by atoms with Gasteiger partial charge in [0.2, 0.25) is 0 Å². The van der Waals surface area contributed by atoms with Gasteiger partial charge in [0.15, 0.2) is 0 Å². The van der Waals surface area contributed by atoms with E-state index in [2.05, 4.69) is 32.0 Å². The van der Waals surface area contributed by atoms with E-state index in [9.17, 15) is 4.39 Å². The van der Waals surface area contributed by atoms with Crippen LogP contribution >= 0.6 is 0 Å². The van der Waals surface area contributed by atoms with Gasteiger partial charge >= 0.3 is 0 Å². The van der Waals surface area contributed by atoms with Crippen LogP contribution in [0.4, 0.5) is 4.39 Å². The van der Waals surface area contributed by atoms with Crippen molar-refractivity contribution >= 4 is 0 Å². The van der Waals surface area contributed by atoms with Crippen molar-refractivity contribution < 1.29 is 4.39 Å². The number of hydrogen-bond donors (Lipinski definition) is 0. The first-order chi connectivity index (χ1) is 7.09. The second-order valence-electron chi connectivity index (χ2n) is 4.46. The Bertz CT molecular complexity index is 302. The molecule has 1 aromatic rings. The lowest BCUT2D eigenvalue weighted by atomic mass is 10.00. The second kappa shape index (κ2) is 5.89. The largest absolute Gasteiger partial charge is 0.248 e. The van der Waals surface area contributed by atoms with Gasteiger partial charge in [0, 0.05) is 0 Å². The molecule has 1 unspecified atom stereocenters. The Morgan fingerprint density at radius 2 is 1.93 bits per heavy atom. The number of alkyl halides is 1. The Morgan fingerprint density at radius 1 is 1.20 bits per heavy atom. The molecule has 84 valence electrons. The monoisotopic (exact) mass is 208 g/mol. The minimum Gasteiger partial charge on any atom is -0.248 e. The summed E-state index contributed by atoms with van der Waals surface area (Å²) in [5.41, 5.74) is 4.09. The molecule has 15 heavy (non-hydrogen) atoms. The first-order valence-electron chi connectivity index (χ1n) is 5.80. The number of unbranched alkanes of at least 4 members (excludes halogenated alkanes) is 1. The first kappa shape index (κ1) is 12.2. The van der Waals surface area contributed by atoms with Crippen molar-refractivity contribution in [2.75, 3.05) is 0 Å². The Labute approximate surface area is 92.5 Å². The van der Waals surface area contributed by atoms with Crippen LogP contribution in [-0.4, -0.2) is 6.17 Å². The summed E-state index contributed by atoms with van der Waals surface area (Å²) in [4.78, 5) is 0. The maximum atomic E-state index is 12.6. The summed E-state index contributed by atoms with van der Waals surface area (Å²) in [7, 11) is 0. The van der Waals surface area contributed by atoms with Gasteiger partial charge in [0.05, 0.1) is 6.17 Å². The molecule has 0 amide bonds. The molecule has 0 nitrogen and oxygen atoms in total. The minimum atomic E-state index is -0.649. The van der Waals surface area contributed by atoms with Crippen molar-refractivity contribution in [3.05, 3.63) is 34.9 Å². The third-order valence-corrected chi connectivity index (χ3v) is 2.80. The molecule has 0 aromatic heterocycles. The molecule has 0 N–H and O–H groups in total. The van der Waals surface area contributed by atoms with Gasteiger partial charge in [-0.15, -0.1) is 0 Å². The summed E-state index contributed by atoms with van der Waals surface area (Å²) in [5, 5.41) is 0. The smallest absolute Gasteiger partial charge is 0.0973 e. The van der Waals surface area contributed by atoms with Crippen molar-refractivity contribution in [2.24, 2.45) is 0 Å². The number of rotatable bonds is 5. The highest BCUT2D eigenvalue weighted by Gasteiger charge is 2.00. The zero-order valence-corrected chi connectivity index (χ0v) is 10.0. The molecule has 0 aliphatic heterocycles. The molecule has 0 heterocycles. The average molecular weight is 208 g/mol. The summed E-state index contributed by atoms with van der Waals surface area (Å²) < 4.78 is 12.6. The minimum absolute atomic E-state index is 0.649. The van der Waals surface area contributed by atoms with E-state index in [1.54, 1.807) is 6.92 Å². The van der Waals surface area contributed by atoms with E-state index < -0.39 is 6.17 Å². The van der Waals surface area contributed by atoms with Crippen LogP contribution in [0.25, 0.3) is 0 Å². The van der Waals surface area contributed by atoms with E-state index in [1.165, 1.54) is 16.7 Å². The molecular formula is C14H21F. The molecule has 0 saturated carbocycles. The molecular weight excluding hydrogens is 187 g/mol. The molecule has 1 heteroatoms. The fourth-order valence-electron chi connectivity index (χ4n) is 1.87. The van der Waals surface area contributed by atoms with Gasteiger partial charge in [-0.05, 0) is 51.2 Å². The molecule has 0 bridgehead atoms. The summed E-state index contributed by atoms with van der Waals surface area (Å²) in [6, 6.07) is 6.57. The van der Waals surface area contributed by atoms with Crippen LogP contribution in [0, 0.1) is 13.8 Å². The Kier molecular flexibility index (Phi) is 4.80. The van der Waals surface area contributed by atoms with Crippen molar-refractivity contribution in [1.82, 2.24) is 0 Å². The summed E-state index contributed by atoms with van der Waals surface area (Å²) >= 11 is 0. The SMILES string of the molecule is Cc1ccc(CCCCC(C)F)c(C)c1. The first-order valence-corrected chi connectivity index (χ1v) is 5.80. The molecule has 1 atom stereocenters. The topological polar surface area (TPSA) is 0 Å². The average Bonchev–Trinajstić information content (AvgIpc) is 2.14. The van der Waals surface area contributed by atoms with Gasteiger partial charge in [-0.2, -0.15) is 0 Å². The Hall–Kier alpha value is -0.850. The van der Waals surface area contributed by atoms with E-state index >= 15 is 0 Å². The Morgan fingerprint density at radius 3 is 2.53 bits per heavy atom. The van der Waals surface area contributed by atoms with Crippen LogP contribution in [0.3, 0.4) is 0 Å². The number of aryl methyl sites for hydroxylation is 3. The number of halogens is 1. The van der Waals surface area contributed by atoms with Crippen molar-refractivity contribution in [3.63, 3.8) is 0 Å². The molecule has 0 saturated heterocycles. The van der Waals surface area contributed by atoms with E-state index in [-0.39, 0.29) is 0 Å². The molecule has 0 aliphatic rings. The maximum absolute atomic E-state index is 12.6. The third-order valence-electron chi connectivity index (χ3n) is 2.80. The van der Waals surface area contributed by atoms with Crippen LogP contribution in [0.2, 0.25) is 0 Å². The predicted molar refractivity (Wildman–Crippen MR) is 64.0 cm³/mol. The normalized spacial score (nSPS) is 12.8. The van der Waals surface area contributed by atoms with Gasteiger partial charge < -0.3 is 0 Å². The maximum Gasteiger partial charge on any atom is 0.0973 e. The van der Waals surface area contributed by atoms with Crippen LogP contribution in [0.15, 0.2) is 18.2 Å². The number of benzene rings is 1. The van der Waals surface area contributed by atoms with Crippen molar-refractivity contribution in [3.8, 4) is 0 Å². The van der Waals surface area contributed by atoms with Gasteiger partial charge in [-0.3, -0.25) is 0 Å². The molecule has 1 aromatic carbocycles. The summed E-state index contributed by atoms with van der Waals surface area (Å²) in [6.07, 6.45) is 3.22. The third kappa shape index (κ3) is 4.46. The van der Waals surface area contributed by atoms with Gasteiger partial charge in [0.25, 0.3) is 0 Å². The standard InChI is InChI=1S/C14H21F/c1-11-8-9-14(12(2)10-11)7-5-4-6-13(3)15/h8-10,13H,4-7H2,1-3H3. The zero-order valence-electron chi connectivity index (χ0n) is 10.0. The van der Waals surface area contributed by atoms with Crippen LogP contribution in [0.1, 0.15) is 42.9 Å². The highest BCUT2D eigenvalue weighted by atomic mass is 19.1. The molecule has 0 radical (unpaired) electrons. The van der Waals surface area contributed by atoms with Gasteiger partial charge in [-0.1, -0.05) is 30.2 Å². The zero-order chi connectivity index (χ0) is 11.3. The Balaban J connectivity index is 2.37. The molecule has 0 spiro atoms. The number of hydrogen-bond acceptors (Lipinski definition) is 0. The quantitative estimate of drug-likeness (QED) is 0.630. The van der Waals surface area contributed by atoms with E-state index in [0.717, 1.165) is 19.3 Å². The predicted octanol–water partition coefficient (Wildman–Crippen LogP) is 4.37. The fraction of sp³-hybridized carbons (Fsp3) is 0.571. The fourth-order valence-corrected chi connectivity index (χ4v) is 1.87. The molecule has 1 rings (SSSR count). The highest BCUT2D eigenvalue weighted by Crippen LogP contribution is 2.14. The van der Waals surface area contributed by atoms with Crippen LogP contribution in [0.5, 0.6) is 0 Å². The van der Waals surface area contributed by atoms with Gasteiger partial charge in [0.1, 0.15) is 0 Å². The molecule has 0 fully saturated rings. The van der Waals surface area contributed by atoms with E-state index in [1.807, 2.05) is 0 Å². The lowest BCUT2D eigenvalue weighted by molar-refractivity contribution is 0.331. The second-order valence-corrected chi connectivity index (χ2v) is 4.46. The van der Waals surface area contributed by atoms with Crippen molar-refractivity contribution in [2.45, 2.75) is 52.6 Å². The van der Waals surface area contributed by atoms with Gasteiger partial charge in [-0.25, -0.2) is 4.39 Å². The lowest BCUT2D eigenvalue weighted by Crippen LogP contribution is -1.95. The van der Waals surface area contributed by atoms with Crippen LogP contribution < -0.4 is 0 Å².